The highest BCUT2D eigenvalue weighted by Gasteiger charge is 2.16. The number of aliphatic hydroxyl groups excluding tert-OH is 1. The van der Waals surface area contributed by atoms with Crippen LogP contribution in [-0.2, 0) is 13.5 Å². The maximum atomic E-state index is 10.2. The van der Waals surface area contributed by atoms with Gasteiger partial charge in [-0.25, -0.2) is 0 Å². The molecule has 0 saturated carbocycles. The van der Waals surface area contributed by atoms with Crippen LogP contribution in [0.1, 0.15) is 23.1 Å². The molecule has 0 aliphatic carbocycles. The number of aliphatic hydroxyl groups is 1. The Balaban J connectivity index is 2.24. The molecular weight excluding hydrogens is 316 g/mol. The Morgan fingerprint density at radius 3 is 2.78 bits per heavy atom. The van der Waals surface area contributed by atoms with Gasteiger partial charge >= 0.3 is 0 Å². The molecule has 1 N–H and O–H groups in total. The van der Waals surface area contributed by atoms with Gasteiger partial charge in [0, 0.05) is 17.9 Å². The van der Waals surface area contributed by atoms with Gasteiger partial charge in [0.05, 0.1) is 22.5 Å². The van der Waals surface area contributed by atoms with Crippen LogP contribution >= 0.6 is 27.5 Å². The van der Waals surface area contributed by atoms with Crippen molar-refractivity contribution in [2.24, 2.45) is 7.05 Å². The first-order valence-electron chi connectivity index (χ1n) is 5.60. The van der Waals surface area contributed by atoms with E-state index in [1.54, 1.807) is 4.68 Å². The maximum Gasteiger partial charge on any atom is 0.0848 e. The summed E-state index contributed by atoms with van der Waals surface area (Å²) in [5.41, 5.74) is 2.50. The molecule has 1 unspecified atom stereocenters. The molecule has 2 rings (SSSR count). The van der Waals surface area contributed by atoms with Crippen molar-refractivity contribution in [1.82, 2.24) is 9.78 Å². The second kappa shape index (κ2) is 5.43. The topological polar surface area (TPSA) is 38.0 Å². The van der Waals surface area contributed by atoms with Gasteiger partial charge in [0.1, 0.15) is 0 Å². The third-order valence-corrected chi connectivity index (χ3v) is 3.87. The average Bonchev–Trinajstić information content (AvgIpc) is 2.56. The van der Waals surface area contributed by atoms with E-state index in [4.69, 9.17) is 11.6 Å². The second-order valence-electron chi connectivity index (χ2n) is 4.24. The van der Waals surface area contributed by atoms with E-state index in [9.17, 15) is 5.11 Å². The van der Waals surface area contributed by atoms with Crippen LogP contribution in [0.15, 0.2) is 28.7 Å². The zero-order chi connectivity index (χ0) is 13.3. The van der Waals surface area contributed by atoms with Gasteiger partial charge in [-0.2, -0.15) is 5.10 Å². The lowest BCUT2D eigenvalue weighted by Gasteiger charge is -2.12. The predicted molar refractivity (Wildman–Crippen MR) is 75.8 cm³/mol. The van der Waals surface area contributed by atoms with Gasteiger partial charge in [-0.3, -0.25) is 4.68 Å². The molecule has 3 nitrogen and oxygen atoms in total. The molecule has 5 heteroatoms. The fourth-order valence-electron chi connectivity index (χ4n) is 1.92. The number of nitrogens with zero attached hydrogens (tertiary/aromatic N) is 2. The van der Waals surface area contributed by atoms with Crippen LogP contribution in [0, 0.1) is 6.92 Å². The molecule has 96 valence electrons. The van der Waals surface area contributed by atoms with Crippen LogP contribution in [0.3, 0.4) is 0 Å². The zero-order valence-electron chi connectivity index (χ0n) is 10.2. The molecule has 1 heterocycles. The monoisotopic (exact) mass is 328 g/mol. The molecule has 1 aromatic carbocycles. The first kappa shape index (κ1) is 13.6. The molecule has 1 aromatic heterocycles. The number of hydrogen-bond acceptors (Lipinski definition) is 2. The van der Waals surface area contributed by atoms with E-state index >= 15 is 0 Å². The maximum absolute atomic E-state index is 10.2. The molecule has 0 radical (unpaired) electrons. The smallest absolute Gasteiger partial charge is 0.0848 e. The summed E-state index contributed by atoms with van der Waals surface area (Å²) in [5.74, 6) is 0. The van der Waals surface area contributed by atoms with Gasteiger partial charge in [0.2, 0.25) is 0 Å². The number of aryl methyl sites for hydroxylation is 2. The largest absolute Gasteiger partial charge is 0.388 e. The lowest BCUT2D eigenvalue weighted by Crippen LogP contribution is -2.06. The first-order chi connectivity index (χ1) is 8.49. The molecule has 0 amide bonds. The Morgan fingerprint density at radius 2 is 2.22 bits per heavy atom. The summed E-state index contributed by atoms with van der Waals surface area (Å²) in [6, 6.07) is 7.63. The summed E-state index contributed by atoms with van der Waals surface area (Å²) in [4.78, 5) is 0. The van der Waals surface area contributed by atoms with E-state index in [1.165, 1.54) is 0 Å². The summed E-state index contributed by atoms with van der Waals surface area (Å²) < 4.78 is 2.67. The van der Waals surface area contributed by atoms with Crippen LogP contribution in [0.2, 0.25) is 5.02 Å². The lowest BCUT2D eigenvalue weighted by molar-refractivity contribution is 0.176. The highest BCUT2D eigenvalue weighted by Crippen LogP contribution is 2.26. The summed E-state index contributed by atoms with van der Waals surface area (Å²) in [6.45, 7) is 1.86. The molecule has 18 heavy (non-hydrogen) atoms. The third-order valence-electron chi connectivity index (χ3n) is 2.88. The molecular formula is C13H14BrClN2O. The Kier molecular flexibility index (Phi) is 4.10. The third kappa shape index (κ3) is 2.76. The van der Waals surface area contributed by atoms with Gasteiger partial charge in [0.15, 0.2) is 0 Å². The van der Waals surface area contributed by atoms with E-state index in [-0.39, 0.29) is 0 Å². The van der Waals surface area contributed by atoms with E-state index in [2.05, 4.69) is 21.0 Å². The minimum atomic E-state index is -0.588. The zero-order valence-corrected chi connectivity index (χ0v) is 12.5. The first-order valence-corrected chi connectivity index (χ1v) is 6.77. The number of hydrogen-bond donors (Lipinski definition) is 1. The van der Waals surface area contributed by atoms with Gasteiger partial charge in [-0.05, 0) is 24.6 Å². The molecule has 2 aromatic rings. The lowest BCUT2D eigenvalue weighted by atomic mass is 10.0. The standard InChI is InChI=1S/C13H14BrClN2O/c1-8-13(15)11(17(2)16-8)7-12(18)9-4-3-5-10(14)6-9/h3-6,12,18H,7H2,1-2H3. The van der Waals surface area contributed by atoms with E-state index in [0.29, 0.717) is 11.4 Å². The van der Waals surface area contributed by atoms with E-state index in [0.717, 1.165) is 21.4 Å². The number of rotatable bonds is 3. The van der Waals surface area contributed by atoms with Crippen molar-refractivity contribution in [3.8, 4) is 0 Å². The average molecular weight is 330 g/mol. The SMILES string of the molecule is Cc1nn(C)c(CC(O)c2cccc(Br)c2)c1Cl. The summed E-state index contributed by atoms with van der Waals surface area (Å²) in [5, 5.41) is 15.1. The van der Waals surface area contributed by atoms with Gasteiger partial charge in [-0.1, -0.05) is 39.7 Å². The Morgan fingerprint density at radius 1 is 1.50 bits per heavy atom. The summed E-state index contributed by atoms with van der Waals surface area (Å²) in [6.07, 6.45) is -0.137. The summed E-state index contributed by atoms with van der Waals surface area (Å²) >= 11 is 9.57. The molecule has 1 atom stereocenters. The number of aromatic nitrogens is 2. The minimum absolute atomic E-state index is 0.451. The fraction of sp³-hybridized carbons (Fsp3) is 0.308. The molecule has 0 aliphatic heterocycles. The molecule has 0 saturated heterocycles. The molecule has 0 aliphatic rings. The quantitative estimate of drug-likeness (QED) is 0.937. The van der Waals surface area contributed by atoms with E-state index in [1.807, 2.05) is 38.2 Å². The van der Waals surface area contributed by atoms with Crippen molar-refractivity contribution in [3.05, 3.63) is 50.7 Å². The fourth-order valence-corrected chi connectivity index (χ4v) is 2.57. The van der Waals surface area contributed by atoms with Crippen LogP contribution < -0.4 is 0 Å². The second-order valence-corrected chi connectivity index (χ2v) is 5.54. The van der Waals surface area contributed by atoms with Crippen molar-refractivity contribution in [3.63, 3.8) is 0 Å². The van der Waals surface area contributed by atoms with Crippen LogP contribution in [0.25, 0.3) is 0 Å². The van der Waals surface area contributed by atoms with Crippen LogP contribution in [0.4, 0.5) is 0 Å². The van der Waals surface area contributed by atoms with Crippen molar-refractivity contribution in [2.75, 3.05) is 0 Å². The Hall–Kier alpha value is -0.840. The molecule has 0 bridgehead atoms. The van der Waals surface area contributed by atoms with Crippen LogP contribution in [0.5, 0.6) is 0 Å². The normalized spacial score (nSPS) is 12.7. The highest BCUT2D eigenvalue weighted by atomic mass is 79.9. The minimum Gasteiger partial charge on any atom is -0.388 e. The molecule has 0 spiro atoms. The Bertz CT molecular complexity index is 568. The van der Waals surface area contributed by atoms with E-state index < -0.39 is 6.10 Å². The van der Waals surface area contributed by atoms with Crippen LogP contribution in [-0.4, -0.2) is 14.9 Å². The van der Waals surface area contributed by atoms with Gasteiger partial charge < -0.3 is 5.11 Å². The number of benzene rings is 1. The van der Waals surface area contributed by atoms with Crippen molar-refractivity contribution < 1.29 is 5.11 Å². The molecule has 0 fully saturated rings. The highest BCUT2D eigenvalue weighted by molar-refractivity contribution is 9.10. The van der Waals surface area contributed by atoms with Gasteiger partial charge in [-0.15, -0.1) is 0 Å². The van der Waals surface area contributed by atoms with Crippen molar-refractivity contribution in [2.45, 2.75) is 19.4 Å². The van der Waals surface area contributed by atoms with Gasteiger partial charge in [0.25, 0.3) is 0 Å². The Labute approximate surface area is 120 Å². The van der Waals surface area contributed by atoms with Crippen molar-refractivity contribution >= 4 is 27.5 Å². The predicted octanol–water partition coefficient (Wildman–Crippen LogP) is 3.42. The number of halogens is 2. The van der Waals surface area contributed by atoms with Crippen molar-refractivity contribution in [1.29, 1.82) is 0 Å². The summed E-state index contributed by atoms with van der Waals surface area (Å²) in [7, 11) is 1.84.